The number of hydrogen-bond acceptors (Lipinski definition) is 2. The molecule has 1 N–H and O–H groups in total. The fourth-order valence-corrected chi connectivity index (χ4v) is 2.10. The Hall–Kier alpha value is -0.280. The molecule has 0 spiro atoms. The second-order valence-electron chi connectivity index (χ2n) is 4.43. The van der Waals surface area contributed by atoms with E-state index in [1.54, 1.807) is 0 Å². The average Bonchev–Trinajstić information content (AvgIpc) is 2.19. The van der Waals surface area contributed by atoms with Gasteiger partial charge in [-0.1, -0.05) is 13.8 Å². The Morgan fingerprint density at radius 2 is 2.19 bits per heavy atom. The second kappa shape index (κ2) is 6.45. The molecule has 0 aromatic carbocycles. The lowest BCUT2D eigenvalue weighted by Gasteiger charge is -2.13. The van der Waals surface area contributed by atoms with Gasteiger partial charge in [0.2, 0.25) is 0 Å². The zero-order valence-electron chi connectivity index (χ0n) is 9.93. The highest BCUT2D eigenvalue weighted by atomic mass is 79.9. The van der Waals surface area contributed by atoms with Crippen molar-refractivity contribution >= 4 is 33.3 Å². The van der Waals surface area contributed by atoms with E-state index in [1.165, 1.54) is 5.56 Å². The zero-order chi connectivity index (χ0) is 12.1. The third kappa shape index (κ3) is 4.71. The van der Waals surface area contributed by atoms with Gasteiger partial charge < -0.3 is 5.32 Å². The van der Waals surface area contributed by atoms with Gasteiger partial charge in [-0.2, -0.15) is 0 Å². The number of nitrogens with one attached hydrogen (secondary N) is 1. The Morgan fingerprint density at radius 1 is 1.50 bits per heavy atom. The summed E-state index contributed by atoms with van der Waals surface area (Å²) in [5.74, 6) is 1.51. The molecule has 4 heteroatoms. The molecule has 0 saturated carbocycles. The molecular weight excluding hydrogens is 288 g/mol. The van der Waals surface area contributed by atoms with E-state index in [0.29, 0.717) is 5.92 Å². The van der Waals surface area contributed by atoms with Gasteiger partial charge in [-0.15, -0.1) is 11.6 Å². The van der Waals surface area contributed by atoms with Crippen LogP contribution in [0, 0.1) is 12.8 Å². The van der Waals surface area contributed by atoms with E-state index >= 15 is 0 Å². The molecule has 1 unspecified atom stereocenters. The Kier molecular flexibility index (Phi) is 5.56. The van der Waals surface area contributed by atoms with Crippen LogP contribution in [0.15, 0.2) is 16.7 Å². The summed E-state index contributed by atoms with van der Waals surface area (Å²) < 4.78 is 1.03. The van der Waals surface area contributed by atoms with Crippen LogP contribution in [0.2, 0.25) is 0 Å². The summed E-state index contributed by atoms with van der Waals surface area (Å²) in [6.45, 7) is 7.16. The van der Waals surface area contributed by atoms with Crippen molar-refractivity contribution in [2.75, 3.05) is 11.9 Å². The van der Waals surface area contributed by atoms with E-state index < -0.39 is 0 Å². The van der Waals surface area contributed by atoms with Crippen molar-refractivity contribution in [2.24, 2.45) is 5.92 Å². The average molecular weight is 306 g/mol. The van der Waals surface area contributed by atoms with Crippen molar-refractivity contribution in [3.05, 3.63) is 22.3 Å². The minimum absolute atomic E-state index is 0.158. The van der Waals surface area contributed by atoms with Crippen molar-refractivity contribution in [1.82, 2.24) is 4.98 Å². The molecule has 0 saturated heterocycles. The Bertz CT molecular complexity index is 342. The molecule has 1 atom stereocenters. The molecule has 16 heavy (non-hydrogen) atoms. The van der Waals surface area contributed by atoms with Crippen molar-refractivity contribution in [3.63, 3.8) is 0 Å². The molecular formula is C12H18BrClN2. The van der Waals surface area contributed by atoms with E-state index in [9.17, 15) is 0 Å². The van der Waals surface area contributed by atoms with E-state index in [-0.39, 0.29) is 5.38 Å². The van der Waals surface area contributed by atoms with Gasteiger partial charge in [0, 0.05) is 17.2 Å². The summed E-state index contributed by atoms with van der Waals surface area (Å²) in [5, 5.41) is 3.41. The van der Waals surface area contributed by atoms with Crippen molar-refractivity contribution in [3.8, 4) is 0 Å². The van der Waals surface area contributed by atoms with E-state index in [1.807, 2.05) is 19.2 Å². The number of anilines is 1. The number of aryl methyl sites for hydroxylation is 1. The number of rotatable bonds is 5. The highest BCUT2D eigenvalue weighted by Gasteiger charge is 2.07. The Labute approximate surface area is 111 Å². The van der Waals surface area contributed by atoms with Crippen LogP contribution in [-0.2, 0) is 0 Å². The van der Waals surface area contributed by atoms with Gasteiger partial charge in [0.1, 0.15) is 5.82 Å². The molecule has 2 nitrogen and oxygen atoms in total. The first-order valence-corrected chi connectivity index (χ1v) is 6.72. The van der Waals surface area contributed by atoms with Crippen LogP contribution in [0.25, 0.3) is 0 Å². The maximum atomic E-state index is 6.20. The SMILES string of the molecule is Cc1cc(NCC(Cl)CC(C)C)ncc1Br. The van der Waals surface area contributed by atoms with Crippen LogP contribution in [0.5, 0.6) is 0 Å². The fraction of sp³-hybridized carbons (Fsp3) is 0.583. The molecule has 0 fully saturated rings. The van der Waals surface area contributed by atoms with E-state index in [0.717, 1.165) is 23.3 Å². The topological polar surface area (TPSA) is 24.9 Å². The van der Waals surface area contributed by atoms with Gasteiger partial charge in [-0.25, -0.2) is 4.98 Å². The molecule has 1 aromatic rings. The quantitative estimate of drug-likeness (QED) is 0.824. The monoisotopic (exact) mass is 304 g/mol. The van der Waals surface area contributed by atoms with Gasteiger partial charge in [-0.05, 0) is 46.8 Å². The van der Waals surface area contributed by atoms with Crippen LogP contribution < -0.4 is 5.32 Å². The minimum Gasteiger partial charge on any atom is -0.369 e. The lowest BCUT2D eigenvalue weighted by molar-refractivity contribution is 0.572. The molecule has 1 rings (SSSR count). The van der Waals surface area contributed by atoms with Crippen LogP contribution >= 0.6 is 27.5 Å². The Morgan fingerprint density at radius 3 is 2.75 bits per heavy atom. The van der Waals surface area contributed by atoms with Crippen molar-refractivity contribution < 1.29 is 0 Å². The summed E-state index contributed by atoms with van der Waals surface area (Å²) in [6, 6.07) is 2.02. The maximum Gasteiger partial charge on any atom is 0.126 e. The van der Waals surface area contributed by atoms with Crippen LogP contribution in [0.3, 0.4) is 0 Å². The number of hydrogen-bond donors (Lipinski definition) is 1. The third-order valence-electron chi connectivity index (χ3n) is 2.28. The Balaban J connectivity index is 2.45. The predicted octanol–water partition coefficient (Wildman–Crippen LogP) is 4.22. The molecule has 0 amide bonds. The molecule has 0 aliphatic rings. The van der Waals surface area contributed by atoms with Crippen molar-refractivity contribution in [2.45, 2.75) is 32.6 Å². The molecule has 0 aliphatic heterocycles. The molecule has 0 bridgehead atoms. The third-order valence-corrected chi connectivity index (χ3v) is 3.44. The van der Waals surface area contributed by atoms with Crippen molar-refractivity contribution in [1.29, 1.82) is 0 Å². The van der Waals surface area contributed by atoms with Gasteiger partial charge in [0.15, 0.2) is 0 Å². The number of nitrogens with zero attached hydrogens (tertiary/aromatic N) is 1. The second-order valence-corrected chi connectivity index (χ2v) is 5.90. The minimum atomic E-state index is 0.158. The molecule has 90 valence electrons. The van der Waals surface area contributed by atoms with Crippen LogP contribution in [0.1, 0.15) is 25.8 Å². The van der Waals surface area contributed by atoms with Gasteiger partial charge in [0.05, 0.1) is 5.38 Å². The lowest BCUT2D eigenvalue weighted by atomic mass is 10.1. The fourth-order valence-electron chi connectivity index (χ4n) is 1.45. The summed E-state index contributed by atoms with van der Waals surface area (Å²) >= 11 is 9.62. The number of pyridine rings is 1. The van der Waals surface area contributed by atoms with Crippen LogP contribution in [0.4, 0.5) is 5.82 Å². The van der Waals surface area contributed by atoms with Crippen LogP contribution in [-0.4, -0.2) is 16.9 Å². The first-order valence-electron chi connectivity index (χ1n) is 5.49. The maximum absolute atomic E-state index is 6.20. The summed E-state index contributed by atoms with van der Waals surface area (Å²) in [4.78, 5) is 4.27. The van der Waals surface area contributed by atoms with Gasteiger partial charge in [0.25, 0.3) is 0 Å². The lowest BCUT2D eigenvalue weighted by Crippen LogP contribution is -2.16. The predicted molar refractivity (Wildman–Crippen MR) is 74.3 cm³/mol. The number of halogens is 2. The molecule has 1 aromatic heterocycles. The number of alkyl halides is 1. The van der Waals surface area contributed by atoms with Gasteiger partial charge >= 0.3 is 0 Å². The standard InChI is InChI=1S/C12H18BrClN2/c1-8(2)4-10(14)6-15-12-5-9(3)11(13)7-16-12/h5,7-8,10H,4,6H2,1-3H3,(H,15,16). The summed E-state index contributed by atoms with van der Waals surface area (Å²) in [7, 11) is 0. The molecule has 0 radical (unpaired) electrons. The first kappa shape index (κ1) is 13.8. The highest BCUT2D eigenvalue weighted by molar-refractivity contribution is 9.10. The van der Waals surface area contributed by atoms with E-state index in [2.05, 4.69) is 40.1 Å². The summed E-state index contributed by atoms with van der Waals surface area (Å²) in [5.41, 5.74) is 1.17. The molecule has 1 heterocycles. The number of aromatic nitrogens is 1. The van der Waals surface area contributed by atoms with Gasteiger partial charge in [-0.3, -0.25) is 0 Å². The smallest absolute Gasteiger partial charge is 0.126 e. The van der Waals surface area contributed by atoms with E-state index in [4.69, 9.17) is 11.6 Å². The normalized spacial score (nSPS) is 12.9. The largest absolute Gasteiger partial charge is 0.369 e. The highest BCUT2D eigenvalue weighted by Crippen LogP contribution is 2.18. The molecule has 0 aliphatic carbocycles. The first-order chi connectivity index (χ1) is 7.49. The zero-order valence-corrected chi connectivity index (χ0v) is 12.3. The summed E-state index contributed by atoms with van der Waals surface area (Å²) in [6.07, 6.45) is 2.83.